The molecule has 2 N–H and O–H groups in total. The number of likely N-dealkylation sites (tertiary alicyclic amines) is 1. The molecule has 168 valence electrons. The van der Waals surface area contributed by atoms with Crippen molar-refractivity contribution >= 4 is 34.3 Å². The summed E-state index contributed by atoms with van der Waals surface area (Å²) in [6, 6.07) is 14.2. The maximum absolute atomic E-state index is 13.1. The van der Waals surface area contributed by atoms with Crippen molar-refractivity contribution in [2.45, 2.75) is 18.9 Å². The summed E-state index contributed by atoms with van der Waals surface area (Å²) < 4.78 is 0. The van der Waals surface area contributed by atoms with E-state index < -0.39 is 0 Å². The molecule has 0 saturated carbocycles. The zero-order valence-electron chi connectivity index (χ0n) is 18.3. The highest BCUT2D eigenvalue weighted by molar-refractivity contribution is 6.03. The van der Waals surface area contributed by atoms with Crippen molar-refractivity contribution in [3.8, 4) is 0 Å². The van der Waals surface area contributed by atoms with Crippen molar-refractivity contribution in [3.05, 3.63) is 91.3 Å². The van der Waals surface area contributed by atoms with E-state index in [-0.39, 0.29) is 23.8 Å². The van der Waals surface area contributed by atoms with Gasteiger partial charge >= 0.3 is 0 Å². The van der Waals surface area contributed by atoms with E-state index in [2.05, 4.69) is 23.5 Å². The Balaban J connectivity index is 1.40. The maximum Gasteiger partial charge on any atom is 0.254 e. The van der Waals surface area contributed by atoms with Gasteiger partial charge in [-0.05, 0) is 66.8 Å². The van der Waals surface area contributed by atoms with Crippen LogP contribution in [0.5, 0.6) is 0 Å². The highest BCUT2D eigenvalue weighted by Crippen LogP contribution is 2.20. The first kappa shape index (κ1) is 22.1. The average molecular weight is 443 g/mol. The summed E-state index contributed by atoms with van der Waals surface area (Å²) in [5, 5.41) is 4.12. The Morgan fingerprint density at radius 3 is 2.55 bits per heavy atom. The number of carbonyl (C=O) groups is 3. The Bertz CT molecular complexity index is 1210. The number of rotatable bonds is 6. The SMILES string of the molecule is C=CC(=O)N(C=C)c1ccc(C(=O)N2CCCC(NC(=O)c3ccc4cc[nH]c4c3)C2)cc1. The molecule has 2 aromatic carbocycles. The van der Waals surface area contributed by atoms with Crippen LogP contribution in [0.2, 0.25) is 0 Å². The quantitative estimate of drug-likeness (QED) is 0.569. The molecule has 4 rings (SSSR count). The van der Waals surface area contributed by atoms with Crippen molar-refractivity contribution in [1.82, 2.24) is 15.2 Å². The van der Waals surface area contributed by atoms with Gasteiger partial charge < -0.3 is 15.2 Å². The predicted molar refractivity (Wildman–Crippen MR) is 129 cm³/mol. The van der Waals surface area contributed by atoms with E-state index >= 15 is 0 Å². The lowest BCUT2D eigenvalue weighted by Crippen LogP contribution is -2.49. The van der Waals surface area contributed by atoms with E-state index in [9.17, 15) is 14.4 Å². The molecule has 33 heavy (non-hydrogen) atoms. The lowest BCUT2D eigenvalue weighted by Gasteiger charge is -2.33. The number of nitrogens with zero attached hydrogens (tertiary/aromatic N) is 2. The molecule has 3 aromatic rings. The Morgan fingerprint density at radius 1 is 1.06 bits per heavy atom. The van der Waals surface area contributed by atoms with Gasteiger partial charge in [-0.25, -0.2) is 0 Å². The largest absolute Gasteiger partial charge is 0.361 e. The number of amides is 3. The van der Waals surface area contributed by atoms with Gasteiger partial charge in [0.1, 0.15) is 0 Å². The van der Waals surface area contributed by atoms with Gasteiger partial charge in [-0.1, -0.05) is 19.2 Å². The van der Waals surface area contributed by atoms with Crippen molar-refractivity contribution in [2.24, 2.45) is 0 Å². The number of carbonyl (C=O) groups excluding carboxylic acids is 3. The van der Waals surface area contributed by atoms with Crippen LogP contribution in [0.4, 0.5) is 5.69 Å². The lowest BCUT2D eigenvalue weighted by atomic mass is 10.0. The summed E-state index contributed by atoms with van der Waals surface area (Å²) in [4.78, 5) is 44.0. The highest BCUT2D eigenvalue weighted by Gasteiger charge is 2.26. The number of aromatic amines is 1. The first-order valence-corrected chi connectivity index (χ1v) is 10.9. The van der Waals surface area contributed by atoms with Gasteiger partial charge in [-0.15, -0.1) is 0 Å². The van der Waals surface area contributed by atoms with Gasteiger partial charge in [-0.2, -0.15) is 0 Å². The standard InChI is InChI=1S/C26H26N4O3/c1-3-24(31)30(4-2)22-11-9-19(10-12-22)26(33)29-15-5-6-21(17-29)28-25(32)20-8-7-18-13-14-27-23(18)16-20/h3-4,7-14,16,21,27H,1-2,5-6,15,17H2,(H,28,32). The van der Waals surface area contributed by atoms with Crippen LogP contribution in [0.15, 0.2) is 80.2 Å². The number of H-pyrrole nitrogens is 1. The monoisotopic (exact) mass is 442 g/mol. The minimum absolute atomic E-state index is 0.103. The molecular weight excluding hydrogens is 416 g/mol. The lowest BCUT2D eigenvalue weighted by molar-refractivity contribution is -0.113. The van der Waals surface area contributed by atoms with Gasteiger partial charge in [0, 0.05) is 53.9 Å². The Morgan fingerprint density at radius 2 is 1.82 bits per heavy atom. The van der Waals surface area contributed by atoms with Crippen molar-refractivity contribution in [2.75, 3.05) is 18.0 Å². The molecule has 3 amide bonds. The van der Waals surface area contributed by atoms with E-state index in [0.717, 1.165) is 23.7 Å². The predicted octanol–water partition coefficient (Wildman–Crippen LogP) is 3.87. The fourth-order valence-electron chi connectivity index (χ4n) is 4.11. The number of benzene rings is 2. The molecule has 1 aromatic heterocycles. The minimum atomic E-state index is -0.297. The molecule has 0 aliphatic carbocycles. The number of fused-ring (bicyclic) bond motifs is 1. The maximum atomic E-state index is 13.1. The summed E-state index contributed by atoms with van der Waals surface area (Å²) in [5.41, 5.74) is 2.63. The molecule has 1 aliphatic heterocycles. The minimum Gasteiger partial charge on any atom is -0.361 e. The zero-order chi connectivity index (χ0) is 23.4. The molecule has 7 heteroatoms. The van der Waals surface area contributed by atoms with Crippen LogP contribution < -0.4 is 10.2 Å². The van der Waals surface area contributed by atoms with Gasteiger partial charge in [-0.3, -0.25) is 19.3 Å². The number of anilines is 1. The Hall–Kier alpha value is -4.13. The van der Waals surface area contributed by atoms with Crippen LogP contribution in [0, 0.1) is 0 Å². The summed E-state index contributed by atoms with van der Waals surface area (Å²) in [6.07, 6.45) is 6.08. The second kappa shape index (κ2) is 9.56. The van der Waals surface area contributed by atoms with E-state index in [4.69, 9.17) is 0 Å². The molecule has 2 heterocycles. The Labute approximate surface area is 192 Å². The van der Waals surface area contributed by atoms with Crippen molar-refractivity contribution < 1.29 is 14.4 Å². The normalized spacial score (nSPS) is 15.6. The van der Waals surface area contributed by atoms with Gasteiger partial charge in [0.25, 0.3) is 17.7 Å². The van der Waals surface area contributed by atoms with E-state index in [1.165, 1.54) is 17.2 Å². The number of hydrogen-bond donors (Lipinski definition) is 2. The van der Waals surface area contributed by atoms with Crippen LogP contribution in [0.1, 0.15) is 33.6 Å². The second-order valence-electron chi connectivity index (χ2n) is 7.99. The average Bonchev–Trinajstić information content (AvgIpc) is 3.32. The summed E-state index contributed by atoms with van der Waals surface area (Å²) in [6.45, 7) is 8.22. The highest BCUT2D eigenvalue weighted by atomic mass is 16.2. The van der Waals surface area contributed by atoms with Crippen LogP contribution in [0.3, 0.4) is 0 Å². The van der Waals surface area contributed by atoms with E-state index in [1.54, 1.807) is 29.2 Å². The van der Waals surface area contributed by atoms with Crippen LogP contribution in [-0.2, 0) is 4.79 Å². The molecule has 0 bridgehead atoms. The topological polar surface area (TPSA) is 85.5 Å². The molecule has 7 nitrogen and oxygen atoms in total. The third-order valence-electron chi connectivity index (χ3n) is 5.85. The fourth-order valence-corrected chi connectivity index (χ4v) is 4.11. The molecular formula is C26H26N4O3. The third-order valence-corrected chi connectivity index (χ3v) is 5.85. The number of hydrogen-bond acceptors (Lipinski definition) is 3. The van der Waals surface area contributed by atoms with Crippen LogP contribution >= 0.6 is 0 Å². The summed E-state index contributed by atoms with van der Waals surface area (Å²) in [7, 11) is 0. The summed E-state index contributed by atoms with van der Waals surface area (Å²) in [5.74, 6) is -0.547. The second-order valence-corrected chi connectivity index (χ2v) is 7.99. The number of nitrogens with one attached hydrogen (secondary N) is 2. The zero-order valence-corrected chi connectivity index (χ0v) is 18.3. The Kier molecular flexibility index (Phi) is 6.40. The molecule has 1 unspecified atom stereocenters. The molecule has 1 aliphatic rings. The van der Waals surface area contributed by atoms with Crippen molar-refractivity contribution in [1.29, 1.82) is 0 Å². The van der Waals surface area contributed by atoms with Crippen molar-refractivity contribution in [3.63, 3.8) is 0 Å². The van der Waals surface area contributed by atoms with Crippen LogP contribution in [0.25, 0.3) is 10.9 Å². The van der Waals surface area contributed by atoms with Crippen LogP contribution in [-0.4, -0.2) is 46.7 Å². The van der Waals surface area contributed by atoms with E-state index in [0.29, 0.717) is 29.9 Å². The third kappa shape index (κ3) is 4.72. The molecule has 1 saturated heterocycles. The van der Waals surface area contributed by atoms with Gasteiger partial charge in [0.05, 0.1) is 0 Å². The molecule has 1 atom stereocenters. The smallest absolute Gasteiger partial charge is 0.254 e. The molecule has 0 radical (unpaired) electrons. The first-order valence-electron chi connectivity index (χ1n) is 10.9. The van der Waals surface area contributed by atoms with E-state index in [1.807, 2.05) is 30.5 Å². The summed E-state index contributed by atoms with van der Waals surface area (Å²) >= 11 is 0. The molecule has 0 spiro atoms. The molecule has 1 fully saturated rings. The van der Waals surface area contributed by atoms with Gasteiger partial charge in [0.2, 0.25) is 0 Å². The first-order chi connectivity index (χ1) is 16.0. The van der Waals surface area contributed by atoms with Gasteiger partial charge in [0.15, 0.2) is 0 Å². The number of piperidine rings is 1. The number of aromatic nitrogens is 1. The fraction of sp³-hybridized carbons (Fsp3) is 0.192.